The van der Waals surface area contributed by atoms with Crippen LogP contribution in [0.5, 0.6) is 5.75 Å². The van der Waals surface area contributed by atoms with Crippen LogP contribution in [-0.4, -0.2) is 54.2 Å². The lowest BCUT2D eigenvalue weighted by atomic mass is 10.1. The number of hydrogen-bond donors (Lipinski definition) is 2. The molecule has 27 heavy (non-hydrogen) atoms. The maximum absolute atomic E-state index is 14.6. The minimum Gasteiger partial charge on any atom is -0.497 e. The molecule has 0 aliphatic carbocycles. The van der Waals surface area contributed by atoms with Gasteiger partial charge in [-0.25, -0.2) is 4.39 Å². The number of anilines is 1. The molecular weight excluding hydrogens is 351 g/mol. The van der Waals surface area contributed by atoms with Gasteiger partial charge in [0, 0.05) is 56.3 Å². The van der Waals surface area contributed by atoms with Gasteiger partial charge in [-0.15, -0.1) is 0 Å². The Morgan fingerprint density at radius 2 is 2.11 bits per heavy atom. The number of piperazine rings is 1. The highest BCUT2D eigenvalue weighted by atomic mass is 19.1. The quantitative estimate of drug-likeness (QED) is 0.246. The fourth-order valence-electron chi connectivity index (χ4n) is 3.09. The van der Waals surface area contributed by atoms with Crippen molar-refractivity contribution in [3.63, 3.8) is 0 Å². The highest BCUT2D eigenvalue weighted by Gasteiger charge is 2.27. The Kier molecular flexibility index (Phi) is 5.87. The van der Waals surface area contributed by atoms with Crippen LogP contribution >= 0.6 is 0 Å². The second kappa shape index (κ2) is 8.49. The van der Waals surface area contributed by atoms with Gasteiger partial charge in [-0.3, -0.25) is 16.2 Å². The monoisotopic (exact) mass is 373 g/mol. The minimum atomic E-state index is -0.531. The lowest BCUT2D eigenvalue weighted by Crippen LogP contribution is -2.47. The average molecular weight is 373 g/mol. The average Bonchev–Trinajstić information content (AvgIpc) is 2.69. The molecular formula is C17H22FN8O+. The summed E-state index contributed by atoms with van der Waals surface area (Å²) in [5.74, 6) is 4.87. The summed E-state index contributed by atoms with van der Waals surface area (Å²) in [6.45, 7) is 3.66. The van der Waals surface area contributed by atoms with Crippen LogP contribution in [0.4, 0.5) is 10.1 Å². The third-order valence-electron chi connectivity index (χ3n) is 4.43. The molecule has 1 aromatic carbocycles. The molecule has 0 unspecified atom stereocenters. The SMILES string of the molecule is COc1cc(F)c(C(=[NH2+])N=NN)c(N2CCN(Cc3cccnn3)CC2)c1. The van der Waals surface area contributed by atoms with E-state index in [2.05, 4.69) is 25.4 Å². The molecule has 0 spiro atoms. The first-order valence-electron chi connectivity index (χ1n) is 8.47. The number of aromatic nitrogens is 2. The van der Waals surface area contributed by atoms with E-state index in [-0.39, 0.29) is 11.4 Å². The number of amidine groups is 1. The van der Waals surface area contributed by atoms with Crippen molar-refractivity contribution < 1.29 is 14.5 Å². The van der Waals surface area contributed by atoms with Gasteiger partial charge in [0.15, 0.2) is 0 Å². The van der Waals surface area contributed by atoms with Crippen LogP contribution in [0, 0.1) is 5.82 Å². The Labute approximate surface area is 156 Å². The van der Waals surface area contributed by atoms with Crippen molar-refractivity contribution in [1.82, 2.24) is 15.1 Å². The summed E-state index contributed by atoms with van der Waals surface area (Å²) in [6, 6.07) is 6.83. The molecule has 1 aliphatic heterocycles. The lowest BCUT2D eigenvalue weighted by Gasteiger charge is -2.36. The Morgan fingerprint density at radius 1 is 1.33 bits per heavy atom. The van der Waals surface area contributed by atoms with Gasteiger partial charge < -0.3 is 9.64 Å². The van der Waals surface area contributed by atoms with E-state index in [4.69, 9.17) is 16.0 Å². The third-order valence-corrected chi connectivity index (χ3v) is 4.43. The van der Waals surface area contributed by atoms with Crippen LogP contribution in [0.15, 0.2) is 40.8 Å². The smallest absolute Gasteiger partial charge is 0.356 e. The summed E-state index contributed by atoms with van der Waals surface area (Å²) in [4.78, 5) is 4.32. The predicted molar refractivity (Wildman–Crippen MR) is 97.6 cm³/mol. The molecule has 10 heteroatoms. The fraction of sp³-hybridized carbons (Fsp3) is 0.353. The molecule has 142 valence electrons. The molecule has 3 rings (SSSR count). The molecule has 2 aromatic rings. The number of methoxy groups -OCH3 is 1. The van der Waals surface area contributed by atoms with Gasteiger partial charge in [-0.05, 0) is 12.1 Å². The fourth-order valence-corrected chi connectivity index (χ4v) is 3.09. The molecule has 1 aliphatic rings. The van der Waals surface area contributed by atoms with Crippen molar-refractivity contribution in [3.8, 4) is 5.75 Å². The van der Waals surface area contributed by atoms with Gasteiger partial charge >= 0.3 is 5.84 Å². The van der Waals surface area contributed by atoms with Crippen molar-refractivity contribution >= 4 is 11.5 Å². The minimum absolute atomic E-state index is 0.0744. The number of nitrogens with zero attached hydrogens (tertiary/aromatic N) is 6. The second-order valence-corrected chi connectivity index (χ2v) is 6.08. The van der Waals surface area contributed by atoms with Crippen molar-refractivity contribution in [1.29, 1.82) is 0 Å². The number of rotatable bonds is 5. The maximum Gasteiger partial charge on any atom is 0.356 e. The van der Waals surface area contributed by atoms with Crippen LogP contribution < -0.4 is 20.9 Å². The Morgan fingerprint density at radius 3 is 2.74 bits per heavy atom. The van der Waals surface area contributed by atoms with E-state index < -0.39 is 5.82 Å². The van der Waals surface area contributed by atoms with Crippen LogP contribution in [-0.2, 0) is 6.54 Å². The standard InChI is InChI=1S/C17H21FN8O/c1-27-13-9-14(18)16(17(19)23-24-20)15(10-13)26-7-5-25(6-8-26)11-12-3-2-4-21-22-12/h2-4,9-10H,5-8,11H2,1H3,(H3,19,20,23)/p+1. The van der Waals surface area contributed by atoms with E-state index in [9.17, 15) is 4.39 Å². The predicted octanol–water partition coefficient (Wildman–Crippen LogP) is -0.222. The summed E-state index contributed by atoms with van der Waals surface area (Å²) in [7, 11) is 1.49. The highest BCUT2D eigenvalue weighted by Crippen LogP contribution is 2.30. The zero-order valence-corrected chi connectivity index (χ0v) is 15.0. The number of benzene rings is 1. The molecule has 0 atom stereocenters. The van der Waals surface area contributed by atoms with Crippen LogP contribution in [0.1, 0.15) is 11.3 Å². The zero-order chi connectivity index (χ0) is 19.2. The van der Waals surface area contributed by atoms with Gasteiger partial charge in [0.2, 0.25) is 0 Å². The van der Waals surface area contributed by atoms with Crippen molar-refractivity contribution in [2.24, 2.45) is 16.2 Å². The van der Waals surface area contributed by atoms with Crippen LogP contribution in [0.2, 0.25) is 0 Å². The first kappa shape index (κ1) is 18.6. The maximum atomic E-state index is 14.6. The molecule has 0 radical (unpaired) electrons. The number of ether oxygens (including phenoxy) is 1. The summed E-state index contributed by atoms with van der Waals surface area (Å²) in [5.41, 5.74) is 1.70. The van der Waals surface area contributed by atoms with Crippen LogP contribution in [0.3, 0.4) is 0 Å². The molecule has 1 aromatic heterocycles. The van der Waals surface area contributed by atoms with Gasteiger partial charge in [0.05, 0.1) is 23.6 Å². The van der Waals surface area contributed by atoms with E-state index in [0.717, 1.165) is 25.3 Å². The highest BCUT2D eigenvalue weighted by molar-refractivity contribution is 6.00. The van der Waals surface area contributed by atoms with Crippen molar-refractivity contribution in [2.45, 2.75) is 6.54 Å². The van der Waals surface area contributed by atoms with E-state index in [1.54, 1.807) is 12.3 Å². The first-order chi connectivity index (χ1) is 13.1. The lowest BCUT2D eigenvalue weighted by molar-refractivity contribution is -0.114. The molecule has 0 saturated carbocycles. The van der Waals surface area contributed by atoms with Crippen molar-refractivity contribution in [2.75, 3.05) is 38.2 Å². The number of halogens is 1. The summed E-state index contributed by atoms with van der Waals surface area (Å²) in [6.07, 6.45) is 1.65. The first-order valence-corrected chi connectivity index (χ1v) is 8.47. The molecule has 9 nitrogen and oxygen atoms in total. The molecule has 4 N–H and O–H groups in total. The summed E-state index contributed by atoms with van der Waals surface area (Å²) >= 11 is 0. The van der Waals surface area contributed by atoms with E-state index in [0.29, 0.717) is 24.5 Å². The topological polar surface area (TPSA) is 118 Å². The Hall–Kier alpha value is -3.14. The zero-order valence-electron chi connectivity index (χ0n) is 15.0. The largest absolute Gasteiger partial charge is 0.497 e. The normalized spacial score (nSPS) is 15.3. The van der Waals surface area contributed by atoms with E-state index in [1.807, 2.05) is 17.0 Å². The van der Waals surface area contributed by atoms with Crippen LogP contribution in [0.25, 0.3) is 0 Å². The van der Waals surface area contributed by atoms with Gasteiger partial charge in [0.1, 0.15) is 17.1 Å². The summed E-state index contributed by atoms with van der Waals surface area (Å²) in [5, 5.41) is 20.7. The number of hydrogen-bond acceptors (Lipinski definition) is 6. The Bertz CT molecular complexity index is 821. The molecule has 1 fully saturated rings. The van der Waals surface area contributed by atoms with Gasteiger partial charge in [0.25, 0.3) is 0 Å². The molecule has 2 heterocycles. The summed E-state index contributed by atoms with van der Waals surface area (Å²) < 4.78 is 19.8. The van der Waals surface area contributed by atoms with Gasteiger partial charge in [-0.1, -0.05) is 0 Å². The number of nitrogens with two attached hydrogens (primary N) is 2. The van der Waals surface area contributed by atoms with Gasteiger partial charge in [-0.2, -0.15) is 10.2 Å². The molecule has 1 saturated heterocycles. The second-order valence-electron chi connectivity index (χ2n) is 6.08. The van der Waals surface area contributed by atoms with E-state index >= 15 is 0 Å². The molecule has 0 amide bonds. The van der Waals surface area contributed by atoms with E-state index in [1.165, 1.54) is 13.2 Å². The molecule has 0 bridgehead atoms. The Balaban J connectivity index is 1.78. The van der Waals surface area contributed by atoms with Crippen molar-refractivity contribution in [3.05, 3.63) is 47.5 Å². The third kappa shape index (κ3) is 4.34.